The Morgan fingerprint density at radius 1 is 0.861 bits per heavy atom. The fourth-order valence-electron chi connectivity index (χ4n) is 4.52. The van der Waals surface area contributed by atoms with Crippen LogP contribution in [0.5, 0.6) is 11.5 Å². The van der Waals surface area contributed by atoms with E-state index in [2.05, 4.69) is 17.0 Å². The van der Waals surface area contributed by atoms with Crippen molar-refractivity contribution in [3.05, 3.63) is 84.4 Å². The molecule has 1 aliphatic rings. The Kier molecular flexibility index (Phi) is 9.36. The lowest BCUT2D eigenvalue weighted by atomic mass is 10.1. The van der Waals surface area contributed by atoms with Crippen LogP contribution in [0.4, 0.5) is 0 Å². The number of benzene rings is 3. The van der Waals surface area contributed by atoms with Crippen molar-refractivity contribution >= 4 is 5.91 Å². The predicted molar refractivity (Wildman–Crippen MR) is 142 cm³/mol. The number of aryl methyl sites for hydroxylation is 1. The van der Waals surface area contributed by atoms with E-state index in [4.69, 9.17) is 9.47 Å². The third-order valence-electron chi connectivity index (χ3n) is 6.60. The van der Waals surface area contributed by atoms with Gasteiger partial charge in [-0.05, 0) is 60.3 Å². The van der Waals surface area contributed by atoms with Gasteiger partial charge in [0.15, 0.2) is 0 Å². The van der Waals surface area contributed by atoms with Gasteiger partial charge in [0.25, 0.3) is 0 Å². The molecular weight excluding hydrogens is 452 g/mol. The van der Waals surface area contributed by atoms with Gasteiger partial charge in [-0.25, -0.2) is 0 Å². The van der Waals surface area contributed by atoms with Gasteiger partial charge in [0.1, 0.15) is 24.2 Å². The van der Waals surface area contributed by atoms with Gasteiger partial charge in [-0.3, -0.25) is 9.69 Å². The molecule has 1 atom stereocenters. The Morgan fingerprint density at radius 3 is 2.28 bits per heavy atom. The molecule has 3 aromatic rings. The van der Waals surface area contributed by atoms with Gasteiger partial charge in [-0.15, -0.1) is 0 Å². The Balaban J connectivity index is 1.17. The number of carbonyl (C=O) groups excluding carboxylic acids is 1. The van der Waals surface area contributed by atoms with E-state index in [9.17, 15) is 9.90 Å². The summed E-state index contributed by atoms with van der Waals surface area (Å²) in [6.07, 6.45) is 1.55. The zero-order valence-corrected chi connectivity index (χ0v) is 21.0. The Bertz CT molecular complexity index is 1070. The second kappa shape index (κ2) is 13.1. The van der Waals surface area contributed by atoms with Crippen molar-refractivity contribution in [2.24, 2.45) is 0 Å². The summed E-state index contributed by atoms with van der Waals surface area (Å²) >= 11 is 0. The Hall–Kier alpha value is -3.35. The van der Waals surface area contributed by atoms with Crippen LogP contribution in [0.15, 0.2) is 78.9 Å². The molecule has 0 aromatic heterocycles. The number of rotatable bonds is 10. The molecule has 1 unspecified atom stereocenters. The monoisotopic (exact) mass is 488 g/mol. The molecule has 1 heterocycles. The predicted octanol–water partition coefficient (Wildman–Crippen LogP) is 4.27. The smallest absolute Gasteiger partial charge is 0.222 e. The molecule has 1 N–H and O–H groups in total. The van der Waals surface area contributed by atoms with Crippen LogP contribution in [-0.4, -0.2) is 73.4 Å². The van der Waals surface area contributed by atoms with Gasteiger partial charge in [0.05, 0.1) is 7.11 Å². The molecule has 0 spiro atoms. The highest BCUT2D eigenvalue weighted by atomic mass is 16.5. The minimum atomic E-state index is -0.587. The number of hydrogen-bond acceptors (Lipinski definition) is 5. The van der Waals surface area contributed by atoms with E-state index in [1.165, 1.54) is 5.56 Å². The SMILES string of the molecule is COc1ccc(CCC(=O)N2CCCN(CC(O)COc3ccc(-c4ccccc4)cc3)CC2)cc1. The first-order valence-electron chi connectivity index (χ1n) is 12.7. The van der Waals surface area contributed by atoms with Gasteiger partial charge < -0.3 is 19.5 Å². The maximum Gasteiger partial charge on any atom is 0.222 e. The molecule has 0 saturated carbocycles. The molecule has 1 amide bonds. The first-order valence-corrected chi connectivity index (χ1v) is 12.7. The van der Waals surface area contributed by atoms with Gasteiger partial charge in [0, 0.05) is 32.6 Å². The second-order valence-electron chi connectivity index (χ2n) is 9.24. The van der Waals surface area contributed by atoms with Crippen LogP contribution in [-0.2, 0) is 11.2 Å². The van der Waals surface area contributed by atoms with E-state index in [0.717, 1.165) is 55.1 Å². The van der Waals surface area contributed by atoms with Crippen LogP contribution in [0.2, 0.25) is 0 Å². The molecule has 4 rings (SSSR count). The van der Waals surface area contributed by atoms with Crippen molar-refractivity contribution in [1.29, 1.82) is 0 Å². The summed E-state index contributed by atoms with van der Waals surface area (Å²) in [4.78, 5) is 16.9. The Morgan fingerprint density at radius 2 is 1.56 bits per heavy atom. The number of amides is 1. The summed E-state index contributed by atoms with van der Waals surface area (Å²) in [5.41, 5.74) is 3.44. The first kappa shape index (κ1) is 25.7. The molecule has 3 aromatic carbocycles. The van der Waals surface area contributed by atoms with Crippen LogP contribution in [0.3, 0.4) is 0 Å². The van der Waals surface area contributed by atoms with Gasteiger partial charge in [-0.1, -0.05) is 54.6 Å². The number of β-amino-alcohol motifs (C(OH)–C–C–N with tert-alkyl or cyclic N) is 1. The quantitative estimate of drug-likeness (QED) is 0.462. The number of carbonyl (C=O) groups is 1. The van der Waals surface area contributed by atoms with Crippen LogP contribution in [0.25, 0.3) is 11.1 Å². The molecular formula is C30H36N2O4. The van der Waals surface area contributed by atoms with Crippen LogP contribution >= 0.6 is 0 Å². The largest absolute Gasteiger partial charge is 0.497 e. The minimum absolute atomic E-state index is 0.190. The second-order valence-corrected chi connectivity index (χ2v) is 9.24. The van der Waals surface area contributed by atoms with Crippen molar-refractivity contribution in [2.45, 2.75) is 25.4 Å². The topological polar surface area (TPSA) is 62.2 Å². The number of methoxy groups -OCH3 is 1. The van der Waals surface area contributed by atoms with Gasteiger partial charge >= 0.3 is 0 Å². The van der Waals surface area contributed by atoms with E-state index in [-0.39, 0.29) is 12.5 Å². The standard InChI is InChI=1S/C30H36N2O4/c1-35-28-13-8-24(9-14-28)10-17-30(34)32-19-5-18-31(20-21-32)22-27(33)23-36-29-15-11-26(12-16-29)25-6-3-2-4-7-25/h2-4,6-9,11-16,27,33H,5,10,17-23H2,1H3. The highest BCUT2D eigenvalue weighted by molar-refractivity contribution is 5.76. The lowest BCUT2D eigenvalue weighted by molar-refractivity contribution is -0.131. The van der Waals surface area contributed by atoms with Crippen LogP contribution in [0.1, 0.15) is 18.4 Å². The highest BCUT2D eigenvalue weighted by Gasteiger charge is 2.21. The summed E-state index contributed by atoms with van der Waals surface area (Å²) in [7, 11) is 1.65. The first-order chi connectivity index (χ1) is 17.6. The van der Waals surface area contributed by atoms with E-state index in [1.807, 2.05) is 71.6 Å². The highest BCUT2D eigenvalue weighted by Crippen LogP contribution is 2.22. The summed E-state index contributed by atoms with van der Waals surface area (Å²) in [6, 6.07) is 26.0. The van der Waals surface area contributed by atoms with E-state index >= 15 is 0 Å². The molecule has 6 nitrogen and oxygen atoms in total. The maximum absolute atomic E-state index is 12.8. The average Bonchev–Trinajstić information content (AvgIpc) is 3.17. The van der Waals surface area contributed by atoms with Crippen molar-refractivity contribution < 1.29 is 19.4 Å². The molecule has 1 aliphatic heterocycles. The van der Waals surface area contributed by atoms with E-state index < -0.39 is 6.10 Å². The number of aliphatic hydroxyl groups excluding tert-OH is 1. The third kappa shape index (κ3) is 7.57. The fourth-order valence-corrected chi connectivity index (χ4v) is 4.52. The number of nitrogens with zero attached hydrogens (tertiary/aromatic N) is 2. The van der Waals surface area contributed by atoms with Crippen molar-refractivity contribution in [1.82, 2.24) is 9.80 Å². The number of hydrogen-bond donors (Lipinski definition) is 1. The Labute approximate surface area is 214 Å². The maximum atomic E-state index is 12.8. The number of ether oxygens (including phenoxy) is 2. The molecule has 1 saturated heterocycles. The van der Waals surface area contributed by atoms with Crippen molar-refractivity contribution in [3.8, 4) is 22.6 Å². The summed E-state index contributed by atoms with van der Waals surface area (Å²) in [5, 5.41) is 10.6. The van der Waals surface area contributed by atoms with Crippen molar-refractivity contribution in [3.63, 3.8) is 0 Å². The lowest BCUT2D eigenvalue weighted by Gasteiger charge is -2.24. The summed E-state index contributed by atoms with van der Waals surface area (Å²) < 4.78 is 11.0. The van der Waals surface area contributed by atoms with Crippen molar-refractivity contribution in [2.75, 3.05) is 46.4 Å². The van der Waals surface area contributed by atoms with E-state index in [1.54, 1.807) is 7.11 Å². The average molecular weight is 489 g/mol. The third-order valence-corrected chi connectivity index (χ3v) is 6.60. The lowest BCUT2D eigenvalue weighted by Crippen LogP contribution is -2.39. The van der Waals surface area contributed by atoms with Gasteiger partial charge in [0.2, 0.25) is 5.91 Å². The van der Waals surface area contributed by atoms with Crippen LogP contribution < -0.4 is 9.47 Å². The zero-order valence-electron chi connectivity index (χ0n) is 21.0. The minimum Gasteiger partial charge on any atom is -0.497 e. The van der Waals surface area contributed by atoms with Crippen LogP contribution in [0, 0.1) is 0 Å². The molecule has 1 fully saturated rings. The summed E-state index contributed by atoms with van der Waals surface area (Å²) in [6.45, 7) is 3.86. The summed E-state index contributed by atoms with van der Waals surface area (Å²) in [5.74, 6) is 1.76. The fraction of sp³-hybridized carbons (Fsp3) is 0.367. The van der Waals surface area contributed by atoms with E-state index in [0.29, 0.717) is 19.5 Å². The number of aliphatic hydroxyl groups is 1. The normalized spacial score (nSPS) is 15.2. The molecule has 36 heavy (non-hydrogen) atoms. The molecule has 6 heteroatoms. The molecule has 190 valence electrons. The molecule has 0 aliphatic carbocycles. The molecule has 0 radical (unpaired) electrons. The molecule has 0 bridgehead atoms. The van der Waals surface area contributed by atoms with Gasteiger partial charge in [-0.2, -0.15) is 0 Å². The zero-order chi connectivity index (χ0) is 25.2.